The number of aryl methyl sites for hydroxylation is 1. The highest BCUT2D eigenvalue weighted by Gasteiger charge is 2.16. The van der Waals surface area contributed by atoms with E-state index in [1.54, 1.807) is 6.20 Å². The third kappa shape index (κ3) is 5.43. The predicted octanol–water partition coefficient (Wildman–Crippen LogP) is 3.90. The van der Waals surface area contributed by atoms with Crippen molar-refractivity contribution in [2.24, 2.45) is 5.92 Å². The van der Waals surface area contributed by atoms with Gasteiger partial charge >= 0.3 is 0 Å². The molecule has 1 atom stereocenters. The average Bonchev–Trinajstić information content (AvgIpc) is 3.00. The molecular weight excluding hydrogens is 306 g/mol. The van der Waals surface area contributed by atoms with Crippen LogP contribution in [0.3, 0.4) is 0 Å². The third-order valence-corrected chi connectivity index (χ3v) is 4.60. The lowest BCUT2D eigenvalue weighted by atomic mass is 9.97. The first-order valence-electron chi connectivity index (χ1n) is 8.08. The lowest BCUT2D eigenvalue weighted by Gasteiger charge is -2.21. The minimum absolute atomic E-state index is 0.0511. The molecule has 1 unspecified atom stereocenters. The molecule has 1 heterocycles. The van der Waals surface area contributed by atoms with Crippen molar-refractivity contribution >= 4 is 17.7 Å². The molecular formula is C18H25N3OS. The van der Waals surface area contributed by atoms with Gasteiger partial charge in [-0.05, 0) is 24.8 Å². The normalized spacial score (nSPS) is 12.3. The number of amides is 1. The topological polar surface area (TPSA) is 46.9 Å². The van der Waals surface area contributed by atoms with Gasteiger partial charge in [0.2, 0.25) is 5.91 Å². The molecule has 0 spiro atoms. The Kier molecular flexibility index (Phi) is 6.71. The zero-order valence-electron chi connectivity index (χ0n) is 14.0. The number of thioether (sulfide) groups is 1. The standard InChI is InChI=1S/C18H25N3OS/c1-4-21-11-10-19-18(21)23-13-17(22)20-16(12-14(2)3)15-8-6-5-7-9-15/h5-11,14,16H,4,12-13H2,1-3H3,(H,20,22). The molecule has 2 aromatic rings. The number of carbonyl (C=O) groups is 1. The molecule has 0 fully saturated rings. The Hall–Kier alpha value is -1.75. The lowest BCUT2D eigenvalue weighted by molar-refractivity contribution is -0.119. The molecule has 2 rings (SSSR count). The Labute approximate surface area is 142 Å². The van der Waals surface area contributed by atoms with Crippen LogP contribution in [0.4, 0.5) is 0 Å². The number of nitrogens with zero attached hydrogens (tertiary/aromatic N) is 2. The Bertz CT molecular complexity index is 610. The van der Waals surface area contributed by atoms with E-state index in [0.717, 1.165) is 23.7 Å². The van der Waals surface area contributed by atoms with Gasteiger partial charge in [0.05, 0.1) is 11.8 Å². The largest absolute Gasteiger partial charge is 0.349 e. The molecule has 23 heavy (non-hydrogen) atoms. The maximum Gasteiger partial charge on any atom is 0.230 e. The maximum absolute atomic E-state index is 12.3. The minimum Gasteiger partial charge on any atom is -0.349 e. The lowest BCUT2D eigenvalue weighted by Crippen LogP contribution is -2.31. The molecule has 1 aromatic carbocycles. The van der Waals surface area contributed by atoms with Crippen molar-refractivity contribution in [3.63, 3.8) is 0 Å². The summed E-state index contributed by atoms with van der Waals surface area (Å²) in [7, 11) is 0. The van der Waals surface area contributed by atoms with Gasteiger partial charge in [-0.3, -0.25) is 4.79 Å². The number of carbonyl (C=O) groups excluding carboxylic acids is 1. The highest BCUT2D eigenvalue weighted by Crippen LogP contribution is 2.22. The molecule has 1 aromatic heterocycles. The number of imidazole rings is 1. The fourth-order valence-corrected chi connectivity index (χ4v) is 3.31. The average molecular weight is 331 g/mol. The summed E-state index contributed by atoms with van der Waals surface area (Å²) >= 11 is 1.48. The van der Waals surface area contributed by atoms with Crippen LogP contribution in [-0.4, -0.2) is 21.2 Å². The highest BCUT2D eigenvalue weighted by molar-refractivity contribution is 7.99. The van der Waals surface area contributed by atoms with E-state index >= 15 is 0 Å². The van der Waals surface area contributed by atoms with Crippen LogP contribution in [0.2, 0.25) is 0 Å². The van der Waals surface area contributed by atoms with Crippen LogP contribution in [-0.2, 0) is 11.3 Å². The molecule has 124 valence electrons. The fourth-order valence-electron chi connectivity index (χ4n) is 2.48. The Morgan fingerprint density at radius 2 is 2.04 bits per heavy atom. The van der Waals surface area contributed by atoms with Crippen molar-refractivity contribution in [1.82, 2.24) is 14.9 Å². The Morgan fingerprint density at radius 1 is 1.30 bits per heavy atom. The number of hydrogen-bond acceptors (Lipinski definition) is 3. The molecule has 0 aliphatic carbocycles. The monoisotopic (exact) mass is 331 g/mol. The summed E-state index contributed by atoms with van der Waals surface area (Å²) in [5.41, 5.74) is 1.16. The second-order valence-electron chi connectivity index (χ2n) is 5.94. The molecule has 1 N–H and O–H groups in total. The second-order valence-corrected chi connectivity index (χ2v) is 6.89. The van der Waals surface area contributed by atoms with Crippen molar-refractivity contribution in [2.75, 3.05) is 5.75 Å². The summed E-state index contributed by atoms with van der Waals surface area (Å²) in [6, 6.07) is 10.2. The van der Waals surface area contributed by atoms with Crippen LogP contribution in [0, 0.1) is 5.92 Å². The van der Waals surface area contributed by atoms with E-state index in [2.05, 4.69) is 43.2 Å². The van der Waals surface area contributed by atoms with Crippen LogP contribution in [0.5, 0.6) is 0 Å². The molecule has 0 bridgehead atoms. The summed E-state index contributed by atoms with van der Waals surface area (Å²) in [4.78, 5) is 16.6. The van der Waals surface area contributed by atoms with Crippen LogP contribution < -0.4 is 5.32 Å². The molecule has 0 aliphatic rings. The van der Waals surface area contributed by atoms with E-state index in [9.17, 15) is 4.79 Å². The van der Waals surface area contributed by atoms with E-state index in [0.29, 0.717) is 11.7 Å². The predicted molar refractivity (Wildman–Crippen MR) is 95.4 cm³/mol. The van der Waals surface area contributed by atoms with E-state index in [4.69, 9.17) is 0 Å². The number of benzene rings is 1. The van der Waals surface area contributed by atoms with Gasteiger partial charge in [0.25, 0.3) is 0 Å². The SMILES string of the molecule is CCn1ccnc1SCC(=O)NC(CC(C)C)c1ccccc1. The molecule has 0 radical (unpaired) electrons. The molecule has 0 saturated carbocycles. The van der Waals surface area contributed by atoms with Gasteiger partial charge in [-0.15, -0.1) is 0 Å². The summed E-state index contributed by atoms with van der Waals surface area (Å²) in [6.07, 6.45) is 4.64. The van der Waals surface area contributed by atoms with Gasteiger partial charge in [0.1, 0.15) is 0 Å². The van der Waals surface area contributed by atoms with Crippen LogP contribution in [0.1, 0.15) is 38.8 Å². The van der Waals surface area contributed by atoms with Crippen LogP contribution >= 0.6 is 11.8 Å². The molecule has 4 nitrogen and oxygen atoms in total. The first-order chi connectivity index (χ1) is 11.1. The first kappa shape index (κ1) is 17.6. The molecule has 1 amide bonds. The van der Waals surface area contributed by atoms with Gasteiger partial charge in [-0.25, -0.2) is 4.98 Å². The number of rotatable bonds is 8. The zero-order valence-corrected chi connectivity index (χ0v) is 14.8. The maximum atomic E-state index is 12.3. The van der Waals surface area contributed by atoms with Crippen molar-refractivity contribution < 1.29 is 4.79 Å². The minimum atomic E-state index is 0.0511. The van der Waals surface area contributed by atoms with E-state index < -0.39 is 0 Å². The Morgan fingerprint density at radius 3 is 2.70 bits per heavy atom. The molecule has 0 saturated heterocycles. The summed E-state index contributed by atoms with van der Waals surface area (Å²) in [6.45, 7) is 7.29. The summed E-state index contributed by atoms with van der Waals surface area (Å²) < 4.78 is 2.04. The van der Waals surface area contributed by atoms with E-state index in [1.807, 2.05) is 29.0 Å². The Balaban J connectivity index is 1.95. The van der Waals surface area contributed by atoms with Gasteiger partial charge in [0, 0.05) is 18.9 Å². The zero-order chi connectivity index (χ0) is 16.7. The highest BCUT2D eigenvalue weighted by atomic mass is 32.2. The number of aromatic nitrogens is 2. The number of hydrogen-bond donors (Lipinski definition) is 1. The fraction of sp³-hybridized carbons (Fsp3) is 0.444. The van der Waals surface area contributed by atoms with Crippen LogP contribution in [0.15, 0.2) is 47.9 Å². The quantitative estimate of drug-likeness (QED) is 0.746. The molecule has 5 heteroatoms. The summed E-state index contributed by atoms with van der Waals surface area (Å²) in [5, 5.41) is 4.06. The second kappa shape index (κ2) is 8.77. The first-order valence-corrected chi connectivity index (χ1v) is 9.07. The smallest absolute Gasteiger partial charge is 0.230 e. The molecule has 0 aliphatic heterocycles. The van der Waals surface area contributed by atoms with Gasteiger partial charge in [0.15, 0.2) is 5.16 Å². The number of nitrogens with one attached hydrogen (secondary N) is 1. The van der Waals surface area contributed by atoms with Crippen LogP contribution in [0.25, 0.3) is 0 Å². The van der Waals surface area contributed by atoms with Crippen molar-refractivity contribution in [2.45, 2.75) is 44.9 Å². The van der Waals surface area contributed by atoms with E-state index in [1.165, 1.54) is 11.8 Å². The van der Waals surface area contributed by atoms with Gasteiger partial charge in [-0.2, -0.15) is 0 Å². The van der Waals surface area contributed by atoms with Gasteiger partial charge < -0.3 is 9.88 Å². The van der Waals surface area contributed by atoms with Crippen molar-refractivity contribution in [3.05, 3.63) is 48.3 Å². The van der Waals surface area contributed by atoms with Gasteiger partial charge in [-0.1, -0.05) is 55.9 Å². The third-order valence-electron chi connectivity index (χ3n) is 3.59. The van der Waals surface area contributed by atoms with Crippen molar-refractivity contribution in [1.29, 1.82) is 0 Å². The van der Waals surface area contributed by atoms with E-state index in [-0.39, 0.29) is 11.9 Å². The van der Waals surface area contributed by atoms with Crippen molar-refractivity contribution in [3.8, 4) is 0 Å². The summed E-state index contributed by atoms with van der Waals surface area (Å²) in [5.74, 6) is 0.959.